The number of nitrogens with one attached hydrogen (secondary N) is 1. The zero-order valence-corrected chi connectivity index (χ0v) is 12.2. The topological polar surface area (TPSA) is 28.4 Å². The molecule has 2 rings (SSSR count). The average molecular weight is 262 g/mol. The monoisotopic (exact) mass is 262 g/mol. The molecule has 106 valence electrons. The quantitative estimate of drug-likeness (QED) is 0.693. The van der Waals surface area contributed by atoms with Gasteiger partial charge in [-0.25, -0.2) is 0 Å². The van der Waals surface area contributed by atoms with Gasteiger partial charge in [-0.2, -0.15) is 0 Å². The lowest BCUT2D eigenvalue weighted by Gasteiger charge is -2.19. The predicted molar refractivity (Wildman–Crippen MR) is 78.9 cm³/mol. The highest BCUT2D eigenvalue weighted by Crippen LogP contribution is 2.28. The summed E-state index contributed by atoms with van der Waals surface area (Å²) in [4.78, 5) is 2.46. The second-order valence-corrected chi connectivity index (χ2v) is 5.84. The van der Waals surface area contributed by atoms with Crippen LogP contribution in [0.15, 0.2) is 29.4 Å². The highest BCUT2D eigenvalue weighted by atomic mass is 16.3. The van der Waals surface area contributed by atoms with Gasteiger partial charge < -0.3 is 9.73 Å². The van der Waals surface area contributed by atoms with Gasteiger partial charge in [-0.1, -0.05) is 19.9 Å². The maximum absolute atomic E-state index is 5.66. The first-order valence-electron chi connectivity index (χ1n) is 7.31. The maximum Gasteiger partial charge on any atom is 0.122 e. The van der Waals surface area contributed by atoms with E-state index in [-0.39, 0.29) is 0 Å². The van der Waals surface area contributed by atoms with Gasteiger partial charge in [-0.15, -0.1) is 6.58 Å². The van der Waals surface area contributed by atoms with Crippen LogP contribution in [0, 0.1) is 5.92 Å². The Bertz CT molecular complexity index is 393. The maximum atomic E-state index is 5.66. The summed E-state index contributed by atoms with van der Waals surface area (Å²) in [6, 6.07) is 2.82. The average Bonchev–Trinajstić information content (AvgIpc) is 3.12. The van der Waals surface area contributed by atoms with Crippen molar-refractivity contribution >= 4 is 0 Å². The Balaban J connectivity index is 1.88. The summed E-state index contributed by atoms with van der Waals surface area (Å²) >= 11 is 0. The highest BCUT2D eigenvalue weighted by Gasteiger charge is 2.29. The van der Waals surface area contributed by atoms with Crippen molar-refractivity contribution in [1.82, 2.24) is 10.2 Å². The van der Waals surface area contributed by atoms with Gasteiger partial charge in [0, 0.05) is 24.7 Å². The minimum atomic E-state index is 0.680. The van der Waals surface area contributed by atoms with E-state index in [0.29, 0.717) is 5.92 Å². The first kappa shape index (κ1) is 14.4. The Kier molecular flexibility index (Phi) is 5.23. The molecule has 0 aromatic carbocycles. The number of hydrogen-bond donors (Lipinski definition) is 1. The fourth-order valence-electron chi connectivity index (χ4n) is 2.29. The Labute approximate surface area is 116 Å². The van der Waals surface area contributed by atoms with Crippen molar-refractivity contribution < 1.29 is 4.42 Å². The van der Waals surface area contributed by atoms with E-state index < -0.39 is 0 Å². The molecule has 0 saturated heterocycles. The molecule has 3 heteroatoms. The zero-order chi connectivity index (χ0) is 13.7. The molecule has 0 aliphatic heterocycles. The van der Waals surface area contributed by atoms with Gasteiger partial charge in [0.05, 0.1) is 12.8 Å². The predicted octanol–water partition coefficient (Wildman–Crippen LogP) is 3.18. The van der Waals surface area contributed by atoms with Crippen molar-refractivity contribution in [3.8, 4) is 0 Å². The second kappa shape index (κ2) is 6.92. The van der Waals surface area contributed by atoms with E-state index in [1.54, 1.807) is 6.26 Å². The Morgan fingerprint density at radius 3 is 2.95 bits per heavy atom. The smallest absolute Gasteiger partial charge is 0.122 e. The van der Waals surface area contributed by atoms with Crippen LogP contribution in [0.25, 0.3) is 0 Å². The van der Waals surface area contributed by atoms with Crippen molar-refractivity contribution in [2.75, 3.05) is 13.1 Å². The summed E-state index contributed by atoms with van der Waals surface area (Å²) in [5, 5.41) is 3.48. The SMILES string of the molecule is C=CCN(Cc1occc1CNCC(C)C)C1CC1. The molecule has 1 aromatic heterocycles. The van der Waals surface area contributed by atoms with E-state index in [2.05, 4.69) is 36.7 Å². The summed E-state index contributed by atoms with van der Waals surface area (Å²) in [5.74, 6) is 1.78. The van der Waals surface area contributed by atoms with E-state index in [1.807, 2.05) is 6.08 Å². The highest BCUT2D eigenvalue weighted by molar-refractivity contribution is 5.17. The molecule has 1 saturated carbocycles. The summed E-state index contributed by atoms with van der Waals surface area (Å²) in [7, 11) is 0. The third kappa shape index (κ3) is 4.51. The molecule has 0 radical (unpaired) electrons. The zero-order valence-electron chi connectivity index (χ0n) is 12.2. The van der Waals surface area contributed by atoms with E-state index >= 15 is 0 Å². The summed E-state index contributed by atoms with van der Waals surface area (Å²) in [6.45, 7) is 12.1. The fraction of sp³-hybridized carbons (Fsp3) is 0.625. The third-order valence-corrected chi connectivity index (χ3v) is 3.48. The lowest BCUT2D eigenvalue weighted by Crippen LogP contribution is -2.26. The van der Waals surface area contributed by atoms with Gasteiger partial charge in [-0.3, -0.25) is 4.90 Å². The van der Waals surface area contributed by atoms with Crippen LogP contribution >= 0.6 is 0 Å². The molecule has 19 heavy (non-hydrogen) atoms. The number of hydrogen-bond acceptors (Lipinski definition) is 3. The molecule has 1 aliphatic rings. The molecule has 0 bridgehead atoms. The van der Waals surface area contributed by atoms with Gasteiger partial charge in [-0.05, 0) is 31.4 Å². The minimum Gasteiger partial charge on any atom is -0.468 e. The summed E-state index contributed by atoms with van der Waals surface area (Å²) in [5.41, 5.74) is 1.29. The Hall–Kier alpha value is -1.06. The number of rotatable bonds is 9. The van der Waals surface area contributed by atoms with Crippen LogP contribution in [0.1, 0.15) is 38.0 Å². The molecule has 1 N–H and O–H groups in total. The normalized spacial score (nSPS) is 15.4. The van der Waals surface area contributed by atoms with Crippen LogP contribution in [-0.2, 0) is 13.1 Å². The number of nitrogens with zero attached hydrogens (tertiary/aromatic N) is 1. The van der Waals surface area contributed by atoms with Crippen molar-refractivity contribution in [2.24, 2.45) is 5.92 Å². The standard InChI is InChI=1S/C16H26N2O/c1-4-8-18(15-5-6-15)12-16-14(7-9-19-16)11-17-10-13(2)3/h4,7,9,13,15,17H,1,5-6,8,10-12H2,2-3H3. The van der Waals surface area contributed by atoms with Gasteiger partial charge >= 0.3 is 0 Å². The van der Waals surface area contributed by atoms with Crippen LogP contribution in [0.5, 0.6) is 0 Å². The second-order valence-electron chi connectivity index (χ2n) is 5.84. The molecule has 1 fully saturated rings. The van der Waals surface area contributed by atoms with Crippen LogP contribution in [-0.4, -0.2) is 24.0 Å². The first-order chi connectivity index (χ1) is 9.20. The molecule has 1 aliphatic carbocycles. The minimum absolute atomic E-state index is 0.680. The molecule has 0 amide bonds. The first-order valence-corrected chi connectivity index (χ1v) is 7.31. The largest absolute Gasteiger partial charge is 0.468 e. The van der Waals surface area contributed by atoms with Gasteiger partial charge in [0.25, 0.3) is 0 Å². The number of furan rings is 1. The van der Waals surface area contributed by atoms with Crippen molar-refractivity contribution in [3.63, 3.8) is 0 Å². The fourth-order valence-corrected chi connectivity index (χ4v) is 2.29. The van der Waals surface area contributed by atoms with E-state index in [1.165, 1.54) is 18.4 Å². The molecular weight excluding hydrogens is 236 g/mol. The van der Waals surface area contributed by atoms with Gasteiger partial charge in [0.15, 0.2) is 0 Å². The molecule has 0 unspecified atom stereocenters. The van der Waals surface area contributed by atoms with E-state index in [4.69, 9.17) is 4.42 Å². The van der Waals surface area contributed by atoms with Gasteiger partial charge in [0.1, 0.15) is 5.76 Å². The van der Waals surface area contributed by atoms with Crippen LogP contribution in [0.2, 0.25) is 0 Å². The van der Waals surface area contributed by atoms with E-state index in [9.17, 15) is 0 Å². The molecule has 0 atom stereocenters. The molecular formula is C16H26N2O. The Morgan fingerprint density at radius 2 is 2.32 bits per heavy atom. The third-order valence-electron chi connectivity index (χ3n) is 3.48. The van der Waals surface area contributed by atoms with Crippen molar-refractivity contribution in [3.05, 3.63) is 36.3 Å². The molecule has 3 nitrogen and oxygen atoms in total. The van der Waals surface area contributed by atoms with Gasteiger partial charge in [0.2, 0.25) is 0 Å². The van der Waals surface area contributed by atoms with E-state index in [0.717, 1.165) is 38.0 Å². The van der Waals surface area contributed by atoms with Crippen LogP contribution in [0.4, 0.5) is 0 Å². The van der Waals surface area contributed by atoms with Crippen LogP contribution < -0.4 is 5.32 Å². The molecule has 1 heterocycles. The molecule has 0 spiro atoms. The lowest BCUT2D eigenvalue weighted by atomic mass is 10.2. The Morgan fingerprint density at radius 1 is 1.53 bits per heavy atom. The summed E-state index contributed by atoms with van der Waals surface area (Å²) in [6.07, 6.45) is 6.42. The summed E-state index contributed by atoms with van der Waals surface area (Å²) < 4.78 is 5.66. The van der Waals surface area contributed by atoms with Crippen LogP contribution in [0.3, 0.4) is 0 Å². The lowest BCUT2D eigenvalue weighted by molar-refractivity contribution is 0.256. The van der Waals surface area contributed by atoms with Crippen molar-refractivity contribution in [2.45, 2.75) is 45.8 Å². The molecule has 1 aromatic rings. The van der Waals surface area contributed by atoms with Crippen molar-refractivity contribution in [1.29, 1.82) is 0 Å².